The lowest BCUT2D eigenvalue weighted by molar-refractivity contribution is 0.236. The van der Waals surface area contributed by atoms with Crippen LogP contribution in [0.1, 0.15) is 0 Å². The summed E-state index contributed by atoms with van der Waals surface area (Å²) in [6.45, 7) is 0. The highest BCUT2D eigenvalue weighted by atomic mass is 32.2. The number of nitrogens with zero attached hydrogens (tertiary/aromatic N) is 1. The number of thiazole rings is 1. The van der Waals surface area contributed by atoms with Gasteiger partial charge in [-0.15, -0.1) is 11.3 Å². The van der Waals surface area contributed by atoms with Crippen LogP contribution < -0.4 is 10.5 Å². The molecule has 1 heterocycles. The molecule has 0 aliphatic carbocycles. The SMILES string of the molecule is Nc1ccc(-c2csc(NS(=O)(=O)C(F)F)n2)c(F)c1. The van der Waals surface area contributed by atoms with Crippen LogP contribution in [0.4, 0.5) is 24.0 Å². The van der Waals surface area contributed by atoms with Crippen molar-refractivity contribution in [2.75, 3.05) is 10.5 Å². The van der Waals surface area contributed by atoms with Crippen LogP contribution in [-0.4, -0.2) is 19.2 Å². The molecule has 0 aliphatic rings. The Kier molecular flexibility index (Phi) is 3.86. The largest absolute Gasteiger partial charge is 0.399 e. The van der Waals surface area contributed by atoms with E-state index in [0.29, 0.717) is 0 Å². The molecule has 0 saturated heterocycles. The van der Waals surface area contributed by atoms with Crippen molar-refractivity contribution >= 4 is 32.2 Å². The quantitative estimate of drug-likeness (QED) is 0.847. The molecule has 1 aromatic carbocycles. The highest BCUT2D eigenvalue weighted by Gasteiger charge is 2.25. The first kappa shape index (κ1) is 14.6. The highest BCUT2D eigenvalue weighted by molar-refractivity contribution is 7.93. The molecular weight excluding hydrogens is 315 g/mol. The number of nitrogens with one attached hydrogen (secondary N) is 1. The summed E-state index contributed by atoms with van der Waals surface area (Å²) in [4.78, 5) is 3.75. The van der Waals surface area contributed by atoms with Crippen LogP contribution in [0.2, 0.25) is 0 Å². The van der Waals surface area contributed by atoms with Crippen molar-refractivity contribution in [1.29, 1.82) is 0 Å². The normalized spacial score (nSPS) is 11.8. The van der Waals surface area contributed by atoms with E-state index in [4.69, 9.17) is 5.73 Å². The molecular formula is C10H8F3N3O2S2. The van der Waals surface area contributed by atoms with E-state index in [1.165, 1.54) is 17.5 Å². The second-order valence-corrected chi connectivity index (χ2v) is 6.19. The lowest BCUT2D eigenvalue weighted by atomic mass is 10.1. The van der Waals surface area contributed by atoms with Crippen molar-refractivity contribution in [3.8, 4) is 11.3 Å². The van der Waals surface area contributed by atoms with E-state index in [9.17, 15) is 21.6 Å². The predicted octanol–water partition coefficient (Wildman–Crippen LogP) is 2.50. The van der Waals surface area contributed by atoms with Gasteiger partial charge in [-0.05, 0) is 18.2 Å². The Bertz CT molecular complexity index is 731. The molecule has 3 N–H and O–H groups in total. The summed E-state index contributed by atoms with van der Waals surface area (Å²) in [5, 5.41) is 1.08. The smallest absolute Gasteiger partial charge is 0.355 e. The van der Waals surface area contributed by atoms with Crippen LogP contribution in [0.15, 0.2) is 23.6 Å². The van der Waals surface area contributed by atoms with Gasteiger partial charge in [0.2, 0.25) is 0 Å². The maximum Gasteiger partial charge on any atom is 0.355 e. The van der Waals surface area contributed by atoms with Crippen LogP contribution in [0.5, 0.6) is 0 Å². The zero-order chi connectivity index (χ0) is 14.9. The topological polar surface area (TPSA) is 85.1 Å². The molecule has 5 nitrogen and oxygen atoms in total. The van der Waals surface area contributed by atoms with Crippen molar-refractivity contribution in [2.24, 2.45) is 0 Å². The van der Waals surface area contributed by atoms with Crippen LogP contribution in [-0.2, 0) is 10.0 Å². The Hall–Kier alpha value is -1.81. The summed E-state index contributed by atoms with van der Waals surface area (Å²) in [6.07, 6.45) is 0. The fourth-order valence-corrected chi connectivity index (χ4v) is 2.82. The van der Waals surface area contributed by atoms with Gasteiger partial charge in [0.25, 0.3) is 10.0 Å². The van der Waals surface area contributed by atoms with Gasteiger partial charge in [-0.2, -0.15) is 8.78 Å². The number of anilines is 2. The standard InChI is InChI=1S/C10H8F3N3O2S2/c11-7-3-5(14)1-2-6(7)8-4-19-10(15-8)16-20(17,18)9(12)13/h1-4,9H,14H2,(H,15,16). The number of benzene rings is 1. The molecule has 20 heavy (non-hydrogen) atoms. The van der Waals surface area contributed by atoms with Crippen molar-refractivity contribution in [3.63, 3.8) is 0 Å². The van der Waals surface area contributed by atoms with Gasteiger partial charge in [-0.1, -0.05) is 0 Å². The van der Waals surface area contributed by atoms with E-state index in [1.807, 2.05) is 0 Å². The molecule has 0 spiro atoms. The third kappa shape index (κ3) is 3.02. The average Bonchev–Trinajstić information content (AvgIpc) is 2.76. The minimum absolute atomic E-state index is 0.0953. The second-order valence-electron chi connectivity index (χ2n) is 3.68. The molecule has 2 rings (SSSR count). The summed E-state index contributed by atoms with van der Waals surface area (Å²) >= 11 is 0.769. The molecule has 0 bridgehead atoms. The molecule has 0 aliphatic heterocycles. The van der Waals surface area contributed by atoms with E-state index in [-0.39, 0.29) is 22.1 Å². The summed E-state index contributed by atoms with van der Waals surface area (Å²) in [6, 6.07) is 3.89. The maximum atomic E-state index is 13.6. The monoisotopic (exact) mass is 323 g/mol. The van der Waals surface area contributed by atoms with E-state index < -0.39 is 21.6 Å². The molecule has 10 heteroatoms. The number of alkyl halides is 2. The number of sulfonamides is 1. The number of hydrogen-bond donors (Lipinski definition) is 2. The van der Waals surface area contributed by atoms with E-state index in [2.05, 4.69) is 4.98 Å². The van der Waals surface area contributed by atoms with Gasteiger partial charge in [0.1, 0.15) is 5.82 Å². The van der Waals surface area contributed by atoms with Crippen LogP contribution >= 0.6 is 11.3 Å². The van der Waals surface area contributed by atoms with Crippen LogP contribution in [0.25, 0.3) is 11.3 Å². The van der Waals surface area contributed by atoms with E-state index in [0.717, 1.165) is 17.4 Å². The molecule has 0 atom stereocenters. The molecule has 0 radical (unpaired) electrons. The van der Waals surface area contributed by atoms with Gasteiger partial charge in [-0.3, -0.25) is 4.72 Å². The summed E-state index contributed by atoms with van der Waals surface area (Å²) < 4.78 is 61.6. The molecule has 0 fully saturated rings. The van der Waals surface area contributed by atoms with Gasteiger partial charge >= 0.3 is 5.76 Å². The third-order valence-corrected chi connectivity index (χ3v) is 4.07. The second kappa shape index (κ2) is 5.29. The lowest BCUT2D eigenvalue weighted by Gasteiger charge is -2.03. The number of nitrogen functional groups attached to an aromatic ring is 1. The van der Waals surface area contributed by atoms with Gasteiger partial charge in [0.15, 0.2) is 5.13 Å². The Balaban J connectivity index is 2.30. The predicted molar refractivity (Wildman–Crippen MR) is 70.5 cm³/mol. The summed E-state index contributed by atoms with van der Waals surface area (Å²) in [7, 11) is -4.79. The van der Waals surface area contributed by atoms with Gasteiger partial charge in [0.05, 0.1) is 5.69 Å². The number of hydrogen-bond acceptors (Lipinski definition) is 5. The Morgan fingerprint density at radius 3 is 2.65 bits per heavy atom. The van der Waals surface area contributed by atoms with Crippen molar-refractivity contribution in [2.45, 2.75) is 5.76 Å². The summed E-state index contributed by atoms with van der Waals surface area (Å²) in [5.41, 5.74) is 5.84. The molecule has 0 amide bonds. The first-order valence-electron chi connectivity index (χ1n) is 5.10. The lowest BCUT2D eigenvalue weighted by Crippen LogP contribution is -2.20. The number of nitrogens with two attached hydrogens (primary N) is 1. The van der Waals surface area contributed by atoms with Crippen molar-refractivity contribution in [3.05, 3.63) is 29.4 Å². The highest BCUT2D eigenvalue weighted by Crippen LogP contribution is 2.28. The number of aromatic nitrogens is 1. The minimum Gasteiger partial charge on any atom is -0.399 e. The Morgan fingerprint density at radius 1 is 1.35 bits per heavy atom. The average molecular weight is 323 g/mol. The number of halogens is 3. The number of rotatable bonds is 4. The van der Waals surface area contributed by atoms with Crippen LogP contribution in [0, 0.1) is 5.82 Å². The zero-order valence-electron chi connectivity index (χ0n) is 9.68. The van der Waals surface area contributed by atoms with Crippen molar-refractivity contribution < 1.29 is 21.6 Å². The Labute approximate surface area is 116 Å². The summed E-state index contributed by atoms with van der Waals surface area (Å²) in [5.74, 6) is -4.21. The molecule has 0 unspecified atom stereocenters. The maximum absolute atomic E-state index is 13.6. The first-order chi connectivity index (χ1) is 9.29. The minimum atomic E-state index is -4.79. The zero-order valence-corrected chi connectivity index (χ0v) is 11.3. The molecule has 2 aromatic rings. The third-order valence-electron chi connectivity index (χ3n) is 2.24. The van der Waals surface area contributed by atoms with E-state index in [1.54, 1.807) is 4.72 Å². The fourth-order valence-electron chi connectivity index (χ4n) is 1.35. The van der Waals surface area contributed by atoms with Gasteiger partial charge in [-0.25, -0.2) is 17.8 Å². The van der Waals surface area contributed by atoms with Gasteiger partial charge in [0, 0.05) is 16.6 Å². The van der Waals surface area contributed by atoms with Gasteiger partial charge < -0.3 is 5.73 Å². The fraction of sp³-hybridized carbons (Fsp3) is 0.100. The first-order valence-corrected chi connectivity index (χ1v) is 7.53. The Morgan fingerprint density at radius 2 is 2.05 bits per heavy atom. The molecule has 1 aromatic heterocycles. The van der Waals surface area contributed by atoms with Crippen LogP contribution in [0.3, 0.4) is 0 Å². The van der Waals surface area contributed by atoms with Crippen molar-refractivity contribution in [1.82, 2.24) is 4.98 Å². The molecule has 0 saturated carbocycles. The van der Waals surface area contributed by atoms with E-state index >= 15 is 0 Å². The molecule has 108 valence electrons.